The van der Waals surface area contributed by atoms with Gasteiger partial charge in [0.05, 0.1) is 11.5 Å². The van der Waals surface area contributed by atoms with Gasteiger partial charge in [-0.1, -0.05) is 26.0 Å². The Morgan fingerprint density at radius 3 is 2.55 bits per heavy atom. The van der Waals surface area contributed by atoms with Gasteiger partial charge in [0.15, 0.2) is 0 Å². The SMILES string of the molecule is CCN(CC)CCCNS(=O)(=O)c1cccc(CO)c1. The first kappa shape index (κ1) is 17.1. The van der Waals surface area contributed by atoms with Crippen molar-refractivity contribution in [2.45, 2.75) is 31.8 Å². The van der Waals surface area contributed by atoms with Gasteiger partial charge in [-0.3, -0.25) is 0 Å². The van der Waals surface area contributed by atoms with Crippen LogP contribution >= 0.6 is 0 Å². The molecule has 114 valence electrons. The largest absolute Gasteiger partial charge is 0.392 e. The Kier molecular flexibility index (Phi) is 7.15. The third-order valence-electron chi connectivity index (χ3n) is 3.23. The standard InChI is InChI=1S/C14H24N2O3S/c1-3-16(4-2)10-6-9-15-20(18,19)14-8-5-7-13(11-14)12-17/h5,7-8,11,15,17H,3-4,6,9-10,12H2,1-2H3. The van der Waals surface area contributed by atoms with Crippen LogP contribution in [0.5, 0.6) is 0 Å². The molecule has 0 radical (unpaired) electrons. The molecule has 1 aromatic carbocycles. The number of hydrogen-bond donors (Lipinski definition) is 2. The molecule has 0 aliphatic heterocycles. The molecule has 20 heavy (non-hydrogen) atoms. The molecule has 0 atom stereocenters. The highest BCUT2D eigenvalue weighted by molar-refractivity contribution is 7.89. The molecule has 1 aromatic rings. The average Bonchev–Trinajstić information content (AvgIpc) is 2.47. The van der Waals surface area contributed by atoms with E-state index in [-0.39, 0.29) is 11.5 Å². The van der Waals surface area contributed by atoms with Crippen molar-refractivity contribution in [3.63, 3.8) is 0 Å². The van der Waals surface area contributed by atoms with Crippen LogP contribution in [0.1, 0.15) is 25.8 Å². The van der Waals surface area contributed by atoms with Gasteiger partial charge in [-0.2, -0.15) is 0 Å². The summed E-state index contributed by atoms with van der Waals surface area (Å²) in [5, 5.41) is 9.04. The van der Waals surface area contributed by atoms with Crippen LogP contribution in [0.3, 0.4) is 0 Å². The molecule has 0 aliphatic carbocycles. The minimum atomic E-state index is -3.48. The zero-order valence-electron chi connectivity index (χ0n) is 12.2. The zero-order chi connectivity index (χ0) is 15.0. The zero-order valence-corrected chi connectivity index (χ0v) is 13.0. The Hall–Kier alpha value is -0.950. The van der Waals surface area contributed by atoms with Crippen LogP contribution in [0.15, 0.2) is 29.2 Å². The normalized spacial score (nSPS) is 12.0. The van der Waals surface area contributed by atoms with Crippen molar-refractivity contribution in [1.29, 1.82) is 0 Å². The van der Waals surface area contributed by atoms with Gasteiger partial charge in [0.1, 0.15) is 0 Å². The van der Waals surface area contributed by atoms with E-state index in [1.165, 1.54) is 12.1 Å². The van der Waals surface area contributed by atoms with E-state index in [2.05, 4.69) is 23.5 Å². The Morgan fingerprint density at radius 2 is 1.95 bits per heavy atom. The lowest BCUT2D eigenvalue weighted by molar-refractivity contribution is 0.281. The van der Waals surface area contributed by atoms with Gasteiger partial charge >= 0.3 is 0 Å². The highest BCUT2D eigenvalue weighted by Gasteiger charge is 2.13. The summed E-state index contributed by atoms with van der Waals surface area (Å²) in [5.74, 6) is 0. The molecular weight excluding hydrogens is 276 g/mol. The first-order chi connectivity index (χ1) is 9.53. The number of aliphatic hydroxyl groups is 1. The Balaban J connectivity index is 2.53. The lowest BCUT2D eigenvalue weighted by Crippen LogP contribution is -2.30. The predicted octanol–water partition coefficient (Wildman–Crippen LogP) is 1.19. The number of benzene rings is 1. The molecule has 0 heterocycles. The molecule has 6 heteroatoms. The third-order valence-corrected chi connectivity index (χ3v) is 4.69. The predicted molar refractivity (Wildman–Crippen MR) is 80.0 cm³/mol. The van der Waals surface area contributed by atoms with Crippen molar-refractivity contribution in [3.8, 4) is 0 Å². The number of nitrogens with zero attached hydrogens (tertiary/aromatic N) is 1. The third kappa shape index (κ3) is 5.20. The summed E-state index contributed by atoms with van der Waals surface area (Å²) in [6.45, 7) is 7.27. The topological polar surface area (TPSA) is 69.6 Å². The van der Waals surface area contributed by atoms with Crippen molar-refractivity contribution >= 4 is 10.0 Å². The van der Waals surface area contributed by atoms with Gasteiger partial charge in [-0.25, -0.2) is 13.1 Å². The summed E-state index contributed by atoms with van der Waals surface area (Å²) in [5.41, 5.74) is 0.594. The number of aliphatic hydroxyl groups excluding tert-OH is 1. The van der Waals surface area contributed by atoms with Crippen LogP contribution in [0.4, 0.5) is 0 Å². The van der Waals surface area contributed by atoms with E-state index in [4.69, 9.17) is 5.11 Å². The molecule has 0 aliphatic rings. The Morgan fingerprint density at radius 1 is 1.25 bits per heavy atom. The maximum atomic E-state index is 12.1. The summed E-state index contributed by atoms with van der Waals surface area (Å²) >= 11 is 0. The van der Waals surface area contributed by atoms with E-state index in [0.29, 0.717) is 12.1 Å². The summed E-state index contributed by atoms with van der Waals surface area (Å²) in [4.78, 5) is 2.45. The van der Waals surface area contributed by atoms with E-state index >= 15 is 0 Å². The molecule has 0 saturated carbocycles. The van der Waals surface area contributed by atoms with E-state index < -0.39 is 10.0 Å². The smallest absolute Gasteiger partial charge is 0.240 e. The Labute approximate surface area is 121 Å². The minimum absolute atomic E-state index is 0.161. The molecule has 2 N–H and O–H groups in total. The van der Waals surface area contributed by atoms with Crippen molar-refractivity contribution in [3.05, 3.63) is 29.8 Å². The molecule has 0 aromatic heterocycles. The molecule has 0 unspecified atom stereocenters. The van der Waals surface area contributed by atoms with Crippen LogP contribution in [0, 0.1) is 0 Å². The molecule has 0 bridgehead atoms. The van der Waals surface area contributed by atoms with Crippen molar-refractivity contribution in [1.82, 2.24) is 9.62 Å². The quantitative estimate of drug-likeness (QED) is 0.672. The Bertz CT molecular complexity index is 499. The molecule has 0 fully saturated rings. The van der Waals surface area contributed by atoms with Crippen LogP contribution in [-0.4, -0.2) is 44.6 Å². The van der Waals surface area contributed by atoms with Gasteiger partial charge in [0.25, 0.3) is 0 Å². The van der Waals surface area contributed by atoms with Crippen LogP contribution in [-0.2, 0) is 16.6 Å². The van der Waals surface area contributed by atoms with Crippen molar-refractivity contribution in [2.24, 2.45) is 0 Å². The average molecular weight is 300 g/mol. The van der Waals surface area contributed by atoms with Crippen LogP contribution in [0.2, 0.25) is 0 Å². The van der Waals surface area contributed by atoms with Crippen molar-refractivity contribution < 1.29 is 13.5 Å². The number of sulfonamides is 1. The molecule has 0 saturated heterocycles. The summed E-state index contributed by atoms with van der Waals surface area (Å²) in [6.07, 6.45) is 0.778. The second-order valence-electron chi connectivity index (χ2n) is 4.58. The number of nitrogens with one attached hydrogen (secondary N) is 1. The first-order valence-electron chi connectivity index (χ1n) is 6.95. The minimum Gasteiger partial charge on any atom is -0.392 e. The lowest BCUT2D eigenvalue weighted by atomic mass is 10.2. The van der Waals surface area contributed by atoms with Gasteiger partial charge in [-0.15, -0.1) is 0 Å². The fourth-order valence-electron chi connectivity index (χ4n) is 1.94. The second kappa shape index (κ2) is 8.36. The lowest BCUT2D eigenvalue weighted by Gasteiger charge is -2.17. The molecule has 1 rings (SSSR count). The molecule has 5 nitrogen and oxygen atoms in total. The highest BCUT2D eigenvalue weighted by Crippen LogP contribution is 2.11. The second-order valence-corrected chi connectivity index (χ2v) is 6.35. The molecular formula is C14H24N2O3S. The maximum absolute atomic E-state index is 12.1. The van der Waals surface area contributed by atoms with E-state index in [1.54, 1.807) is 12.1 Å². The fraction of sp³-hybridized carbons (Fsp3) is 0.571. The maximum Gasteiger partial charge on any atom is 0.240 e. The van der Waals surface area contributed by atoms with Crippen LogP contribution < -0.4 is 4.72 Å². The van der Waals surface area contributed by atoms with E-state index in [0.717, 1.165) is 26.1 Å². The van der Waals surface area contributed by atoms with E-state index in [9.17, 15) is 8.42 Å². The van der Waals surface area contributed by atoms with Crippen LogP contribution in [0.25, 0.3) is 0 Å². The summed E-state index contributed by atoms with van der Waals surface area (Å²) < 4.78 is 26.7. The van der Waals surface area contributed by atoms with E-state index in [1.807, 2.05) is 0 Å². The van der Waals surface area contributed by atoms with Gasteiger partial charge < -0.3 is 10.0 Å². The first-order valence-corrected chi connectivity index (χ1v) is 8.43. The summed E-state index contributed by atoms with van der Waals surface area (Å²) in [7, 11) is -3.48. The van der Waals surface area contributed by atoms with Gasteiger partial charge in [0.2, 0.25) is 10.0 Å². The number of rotatable bonds is 9. The number of hydrogen-bond acceptors (Lipinski definition) is 4. The highest BCUT2D eigenvalue weighted by atomic mass is 32.2. The monoisotopic (exact) mass is 300 g/mol. The van der Waals surface area contributed by atoms with Crippen molar-refractivity contribution in [2.75, 3.05) is 26.2 Å². The molecule has 0 spiro atoms. The van der Waals surface area contributed by atoms with Gasteiger partial charge in [-0.05, 0) is 43.8 Å². The summed E-state index contributed by atoms with van der Waals surface area (Å²) in [6, 6.07) is 6.36. The fourth-order valence-corrected chi connectivity index (χ4v) is 3.09. The molecule has 0 amide bonds. The van der Waals surface area contributed by atoms with Gasteiger partial charge in [0, 0.05) is 6.54 Å².